The maximum atomic E-state index is 12.7. The lowest BCUT2D eigenvalue weighted by Gasteiger charge is -2.37. The number of nitrogens with zero attached hydrogens (tertiary/aromatic N) is 4. The predicted octanol–water partition coefficient (Wildman–Crippen LogP) is 3.75. The summed E-state index contributed by atoms with van der Waals surface area (Å²) in [5, 5.41) is 8.99. The van der Waals surface area contributed by atoms with Crippen LogP contribution in [0.2, 0.25) is 0 Å². The molecule has 168 valence electrons. The number of H-pyrrole nitrogens is 1. The van der Waals surface area contributed by atoms with Gasteiger partial charge in [-0.05, 0) is 42.3 Å². The van der Waals surface area contributed by atoms with Crippen molar-refractivity contribution in [3.63, 3.8) is 0 Å². The molecule has 0 aliphatic carbocycles. The molecule has 1 aliphatic rings. The number of imidazole rings is 1. The molecule has 32 heavy (non-hydrogen) atoms. The third-order valence-electron chi connectivity index (χ3n) is 5.53. The first kappa shape index (κ1) is 21.7. The molecule has 4 rings (SSSR count). The number of anilines is 2. The number of carbonyl (C=O) groups is 1. The Hall–Kier alpha value is -3.56. The first-order chi connectivity index (χ1) is 15.2. The molecule has 2 aromatic heterocycles. The smallest absolute Gasteiger partial charge is 0.434 e. The number of carboxylic acids is 1. The van der Waals surface area contributed by atoms with Gasteiger partial charge in [0.2, 0.25) is 0 Å². The molecule has 0 unspecified atom stereocenters. The van der Waals surface area contributed by atoms with Crippen LogP contribution in [-0.4, -0.2) is 52.2 Å². The van der Waals surface area contributed by atoms with Gasteiger partial charge in [-0.2, -0.15) is 13.2 Å². The number of aliphatic carboxylic acids is 1. The third kappa shape index (κ3) is 4.68. The number of piperazine rings is 1. The average molecular weight is 445 g/mol. The van der Waals surface area contributed by atoms with E-state index in [1.807, 2.05) is 25.1 Å². The van der Waals surface area contributed by atoms with Gasteiger partial charge in [0.25, 0.3) is 0 Å². The van der Waals surface area contributed by atoms with E-state index >= 15 is 0 Å². The fraction of sp³-hybridized carbons (Fsp3) is 0.318. The normalized spacial score (nSPS) is 14.6. The van der Waals surface area contributed by atoms with E-state index in [4.69, 9.17) is 5.11 Å². The van der Waals surface area contributed by atoms with E-state index in [1.54, 1.807) is 12.1 Å². The number of rotatable bonds is 5. The zero-order chi connectivity index (χ0) is 22.9. The van der Waals surface area contributed by atoms with Crippen molar-refractivity contribution >= 4 is 17.5 Å². The highest BCUT2D eigenvalue weighted by atomic mass is 19.4. The summed E-state index contributed by atoms with van der Waals surface area (Å²) in [5.41, 5.74) is 2.34. The van der Waals surface area contributed by atoms with Crippen LogP contribution in [0.15, 0.2) is 42.7 Å². The minimum Gasteiger partial charge on any atom is -0.481 e. The number of halogens is 3. The van der Waals surface area contributed by atoms with Crippen molar-refractivity contribution in [2.45, 2.75) is 19.5 Å². The molecule has 10 heteroatoms. The number of alkyl halides is 3. The maximum Gasteiger partial charge on any atom is 0.434 e. The van der Waals surface area contributed by atoms with Crippen LogP contribution < -0.4 is 9.80 Å². The Morgan fingerprint density at radius 2 is 1.84 bits per heavy atom. The molecule has 2 N–H and O–H groups in total. The highest BCUT2D eigenvalue weighted by Crippen LogP contribution is 2.29. The summed E-state index contributed by atoms with van der Waals surface area (Å²) in [4.78, 5) is 25.9. The number of pyridine rings is 1. The topological polar surface area (TPSA) is 85.4 Å². The quantitative estimate of drug-likeness (QED) is 0.622. The minimum atomic E-state index is -4.49. The molecule has 0 amide bonds. The Labute approximate surface area is 182 Å². The number of carboxylic acid groups (broad SMARTS) is 1. The molecule has 1 fully saturated rings. The number of aromatic amines is 1. The summed E-state index contributed by atoms with van der Waals surface area (Å²) in [6.45, 7) is 4.94. The molecule has 0 saturated carbocycles. The molecule has 3 aromatic rings. The second kappa shape index (κ2) is 8.52. The molecule has 0 spiro atoms. The van der Waals surface area contributed by atoms with Gasteiger partial charge in [0.15, 0.2) is 5.69 Å². The van der Waals surface area contributed by atoms with E-state index in [-0.39, 0.29) is 12.2 Å². The summed E-state index contributed by atoms with van der Waals surface area (Å²) in [6, 6.07) is 9.32. The van der Waals surface area contributed by atoms with E-state index in [0.717, 1.165) is 55.0 Å². The van der Waals surface area contributed by atoms with E-state index in [0.29, 0.717) is 5.56 Å². The molecule has 0 atom stereocenters. The monoisotopic (exact) mass is 445 g/mol. The maximum absolute atomic E-state index is 12.7. The average Bonchev–Trinajstić information content (AvgIpc) is 3.26. The van der Waals surface area contributed by atoms with Crippen molar-refractivity contribution in [3.8, 4) is 11.4 Å². The minimum absolute atomic E-state index is 0.0110. The van der Waals surface area contributed by atoms with Gasteiger partial charge in [-0.1, -0.05) is 6.07 Å². The standard InChI is InChI=1S/C22H22F3N5O2/c1-14-10-17(4-2-15(14)11-20(31)32)29-6-8-30(9-7-29)19-5-3-16(12-26-19)21-27-13-18(28-21)22(23,24)25/h2-5,10,12-13H,6-9,11H2,1H3,(H,27,28)(H,31,32). The number of aromatic nitrogens is 3. The van der Waals surface area contributed by atoms with Gasteiger partial charge >= 0.3 is 12.1 Å². The van der Waals surface area contributed by atoms with Gasteiger partial charge in [-0.15, -0.1) is 0 Å². The van der Waals surface area contributed by atoms with E-state index < -0.39 is 17.8 Å². The van der Waals surface area contributed by atoms with Gasteiger partial charge in [0.1, 0.15) is 11.6 Å². The molecule has 0 radical (unpaired) electrons. The third-order valence-corrected chi connectivity index (χ3v) is 5.53. The van der Waals surface area contributed by atoms with Gasteiger partial charge in [-0.25, -0.2) is 9.97 Å². The van der Waals surface area contributed by atoms with Crippen LogP contribution in [0, 0.1) is 6.92 Å². The van der Waals surface area contributed by atoms with Gasteiger partial charge in [0, 0.05) is 49.8 Å². The fourth-order valence-electron chi connectivity index (χ4n) is 3.76. The highest BCUT2D eigenvalue weighted by Gasteiger charge is 2.33. The van der Waals surface area contributed by atoms with Crippen LogP contribution >= 0.6 is 0 Å². The van der Waals surface area contributed by atoms with Gasteiger partial charge in [-0.3, -0.25) is 4.79 Å². The summed E-state index contributed by atoms with van der Waals surface area (Å²) < 4.78 is 38.2. The summed E-state index contributed by atoms with van der Waals surface area (Å²) in [7, 11) is 0. The number of nitrogens with one attached hydrogen (secondary N) is 1. The lowest BCUT2D eigenvalue weighted by atomic mass is 10.0. The molecule has 1 saturated heterocycles. The largest absolute Gasteiger partial charge is 0.481 e. The Morgan fingerprint density at radius 3 is 2.41 bits per heavy atom. The summed E-state index contributed by atoms with van der Waals surface area (Å²) in [6.07, 6.45) is -2.11. The molecular formula is C22H22F3N5O2. The molecule has 3 heterocycles. The molecule has 0 bridgehead atoms. The van der Waals surface area contributed by atoms with Crippen molar-refractivity contribution in [1.29, 1.82) is 0 Å². The first-order valence-electron chi connectivity index (χ1n) is 10.1. The Morgan fingerprint density at radius 1 is 1.12 bits per heavy atom. The molecule has 7 nitrogen and oxygen atoms in total. The number of hydrogen-bond donors (Lipinski definition) is 2. The van der Waals surface area contributed by atoms with E-state index in [2.05, 4.69) is 24.8 Å². The van der Waals surface area contributed by atoms with Crippen LogP contribution in [-0.2, 0) is 17.4 Å². The Kier molecular flexibility index (Phi) is 5.77. The summed E-state index contributed by atoms with van der Waals surface area (Å²) in [5.74, 6) is 0.0349. The fourth-order valence-corrected chi connectivity index (χ4v) is 3.76. The predicted molar refractivity (Wildman–Crippen MR) is 114 cm³/mol. The number of aryl methyl sites for hydroxylation is 1. The van der Waals surface area contributed by atoms with Gasteiger partial charge in [0.05, 0.1) is 6.42 Å². The van der Waals surface area contributed by atoms with Crippen LogP contribution in [0.4, 0.5) is 24.7 Å². The molecule has 1 aliphatic heterocycles. The highest BCUT2D eigenvalue weighted by molar-refractivity contribution is 5.71. The SMILES string of the molecule is Cc1cc(N2CCN(c3ccc(-c4nc(C(F)(F)F)c[nH]4)cn3)CC2)ccc1CC(=O)O. The first-order valence-corrected chi connectivity index (χ1v) is 10.1. The van der Waals surface area contributed by atoms with Crippen LogP contribution in [0.5, 0.6) is 0 Å². The number of hydrogen-bond acceptors (Lipinski definition) is 5. The van der Waals surface area contributed by atoms with Crippen molar-refractivity contribution in [3.05, 3.63) is 59.5 Å². The van der Waals surface area contributed by atoms with Crippen molar-refractivity contribution in [2.75, 3.05) is 36.0 Å². The van der Waals surface area contributed by atoms with E-state index in [9.17, 15) is 18.0 Å². The lowest BCUT2D eigenvalue weighted by molar-refractivity contribution is -0.141. The second-order valence-corrected chi connectivity index (χ2v) is 7.69. The Balaban J connectivity index is 1.39. The zero-order valence-corrected chi connectivity index (χ0v) is 17.4. The Bertz CT molecular complexity index is 1100. The van der Waals surface area contributed by atoms with Crippen molar-refractivity contribution in [1.82, 2.24) is 15.0 Å². The zero-order valence-electron chi connectivity index (χ0n) is 17.4. The lowest BCUT2D eigenvalue weighted by Crippen LogP contribution is -2.46. The van der Waals surface area contributed by atoms with E-state index in [1.165, 1.54) is 6.20 Å². The summed E-state index contributed by atoms with van der Waals surface area (Å²) >= 11 is 0. The van der Waals surface area contributed by atoms with Crippen molar-refractivity contribution in [2.24, 2.45) is 0 Å². The second-order valence-electron chi connectivity index (χ2n) is 7.69. The van der Waals surface area contributed by atoms with Crippen LogP contribution in [0.3, 0.4) is 0 Å². The number of benzene rings is 1. The van der Waals surface area contributed by atoms with Gasteiger partial charge < -0.3 is 19.9 Å². The van der Waals surface area contributed by atoms with Crippen LogP contribution in [0.1, 0.15) is 16.8 Å². The van der Waals surface area contributed by atoms with Crippen molar-refractivity contribution < 1.29 is 23.1 Å². The molecule has 1 aromatic carbocycles. The molecular weight excluding hydrogens is 423 g/mol. The van der Waals surface area contributed by atoms with Crippen LogP contribution in [0.25, 0.3) is 11.4 Å².